The molecule has 0 spiro atoms. The van der Waals surface area contributed by atoms with Crippen LogP contribution in [-0.4, -0.2) is 11.0 Å². The average Bonchev–Trinajstić information content (AvgIpc) is 2.46. The number of amides is 1. The lowest BCUT2D eigenvalue weighted by Gasteiger charge is -1.96. The second kappa shape index (κ2) is 6.18. The van der Waals surface area contributed by atoms with E-state index in [1.807, 2.05) is 0 Å². The fourth-order valence-corrected chi connectivity index (χ4v) is 1.71. The molecule has 0 atom stereocenters. The van der Waals surface area contributed by atoms with Crippen molar-refractivity contribution in [2.75, 3.05) is 0 Å². The van der Waals surface area contributed by atoms with Crippen molar-refractivity contribution in [2.45, 2.75) is 13.8 Å². The molecule has 2 N–H and O–H groups in total. The number of halogens is 1. The van der Waals surface area contributed by atoms with Gasteiger partial charge in [-0.15, -0.1) is 12.4 Å². The Labute approximate surface area is 102 Å². The maximum Gasteiger partial charge on any atom is 0.204 e. The summed E-state index contributed by atoms with van der Waals surface area (Å²) in [6.45, 7) is 4.34. The summed E-state index contributed by atoms with van der Waals surface area (Å²) in [6, 6.07) is 8.52. The molecule has 0 radical (unpaired) electrons. The predicted molar refractivity (Wildman–Crippen MR) is 69.9 cm³/mol. The van der Waals surface area contributed by atoms with Gasteiger partial charge in [0, 0.05) is 23.6 Å². The van der Waals surface area contributed by atoms with E-state index in [4.69, 9.17) is 4.79 Å². The van der Waals surface area contributed by atoms with Crippen LogP contribution in [-0.2, 0) is 11.8 Å². The molecular formula is C12H17ClN2O. The van der Waals surface area contributed by atoms with E-state index in [1.165, 1.54) is 22.2 Å². The lowest BCUT2D eigenvalue weighted by atomic mass is 10.2. The number of para-hydroxylation sites is 1. The van der Waals surface area contributed by atoms with Gasteiger partial charge in [-0.2, -0.15) is 0 Å². The molecule has 88 valence electrons. The summed E-state index contributed by atoms with van der Waals surface area (Å²) in [5.74, 6) is 0. The van der Waals surface area contributed by atoms with Gasteiger partial charge in [0.15, 0.2) is 0 Å². The predicted octanol–water partition coefficient (Wildman–Crippen LogP) is 2.32. The van der Waals surface area contributed by atoms with E-state index in [2.05, 4.69) is 55.5 Å². The highest BCUT2D eigenvalue weighted by Crippen LogP contribution is 2.22. The summed E-state index contributed by atoms with van der Waals surface area (Å²) >= 11 is 0. The van der Waals surface area contributed by atoms with Crippen LogP contribution in [0.25, 0.3) is 10.9 Å². The molecule has 2 aromatic rings. The molecule has 4 heteroatoms. The topological polar surface area (TPSA) is 48.0 Å². The second-order valence-electron chi connectivity index (χ2n) is 3.42. The molecule has 16 heavy (non-hydrogen) atoms. The number of aryl methyl sites for hydroxylation is 2. The summed E-state index contributed by atoms with van der Waals surface area (Å²) in [6.07, 6.45) is 0.250. The van der Waals surface area contributed by atoms with Gasteiger partial charge >= 0.3 is 0 Å². The fourth-order valence-electron chi connectivity index (χ4n) is 1.71. The van der Waals surface area contributed by atoms with Gasteiger partial charge in [0.05, 0.1) is 0 Å². The van der Waals surface area contributed by atoms with Crippen molar-refractivity contribution in [3.63, 3.8) is 0 Å². The van der Waals surface area contributed by atoms with E-state index in [0.717, 1.165) is 0 Å². The van der Waals surface area contributed by atoms with Crippen LogP contribution >= 0.6 is 12.4 Å². The Bertz CT molecular complexity index is 438. The summed E-state index contributed by atoms with van der Waals surface area (Å²) in [7, 11) is 2.12. The van der Waals surface area contributed by atoms with Crippen LogP contribution in [0, 0.1) is 13.8 Å². The number of nitrogens with zero attached hydrogens (tertiary/aromatic N) is 1. The van der Waals surface area contributed by atoms with Gasteiger partial charge in [0.25, 0.3) is 0 Å². The summed E-state index contributed by atoms with van der Waals surface area (Å²) < 4.78 is 2.24. The maximum absolute atomic E-state index is 8.58. The number of carbonyl (C=O) groups is 1. The van der Waals surface area contributed by atoms with Crippen LogP contribution in [0.4, 0.5) is 0 Å². The molecular weight excluding hydrogens is 224 g/mol. The zero-order valence-corrected chi connectivity index (χ0v) is 10.5. The highest BCUT2D eigenvalue weighted by Gasteiger charge is 2.05. The van der Waals surface area contributed by atoms with E-state index < -0.39 is 0 Å². The van der Waals surface area contributed by atoms with E-state index >= 15 is 0 Å². The molecule has 2 rings (SSSR count). The van der Waals surface area contributed by atoms with Gasteiger partial charge in [0.2, 0.25) is 6.41 Å². The van der Waals surface area contributed by atoms with Crippen LogP contribution in [0.3, 0.4) is 0 Å². The van der Waals surface area contributed by atoms with Crippen molar-refractivity contribution in [3.8, 4) is 0 Å². The van der Waals surface area contributed by atoms with Gasteiger partial charge in [0.1, 0.15) is 0 Å². The smallest absolute Gasteiger partial charge is 0.204 e. The third kappa shape index (κ3) is 2.55. The van der Waals surface area contributed by atoms with Crippen LogP contribution in [0.2, 0.25) is 0 Å². The molecule has 0 saturated heterocycles. The number of primary amides is 1. The van der Waals surface area contributed by atoms with Crippen molar-refractivity contribution >= 4 is 29.7 Å². The minimum Gasteiger partial charge on any atom is -0.372 e. The van der Waals surface area contributed by atoms with E-state index in [0.29, 0.717) is 0 Å². The van der Waals surface area contributed by atoms with Crippen LogP contribution in [0.5, 0.6) is 0 Å². The number of aromatic nitrogens is 1. The Kier molecular flexibility index (Phi) is 5.61. The Hall–Kier alpha value is -1.48. The third-order valence-electron chi connectivity index (χ3n) is 2.72. The monoisotopic (exact) mass is 240 g/mol. The van der Waals surface area contributed by atoms with E-state index in [1.54, 1.807) is 0 Å². The summed E-state index contributed by atoms with van der Waals surface area (Å²) in [5, 5.41) is 1.37. The van der Waals surface area contributed by atoms with Crippen LogP contribution in [0.1, 0.15) is 11.3 Å². The van der Waals surface area contributed by atoms with Gasteiger partial charge in [-0.1, -0.05) is 18.2 Å². The first-order chi connectivity index (χ1) is 7.13. The number of carbonyl (C=O) groups excluding carboxylic acids is 1. The highest BCUT2D eigenvalue weighted by atomic mass is 35.5. The Morgan fingerprint density at radius 3 is 2.25 bits per heavy atom. The molecule has 0 saturated carbocycles. The van der Waals surface area contributed by atoms with Gasteiger partial charge in [-0.3, -0.25) is 4.79 Å². The molecule has 0 fully saturated rings. The molecule has 0 aliphatic rings. The third-order valence-corrected chi connectivity index (χ3v) is 2.72. The molecule has 3 nitrogen and oxygen atoms in total. The highest BCUT2D eigenvalue weighted by molar-refractivity contribution is 5.85. The van der Waals surface area contributed by atoms with Gasteiger partial charge in [-0.25, -0.2) is 0 Å². The van der Waals surface area contributed by atoms with Crippen molar-refractivity contribution in [2.24, 2.45) is 12.8 Å². The Balaban J connectivity index is 0.000000511. The number of benzene rings is 1. The zero-order valence-electron chi connectivity index (χ0n) is 9.73. The lowest BCUT2D eigenvalue weighted by Crippen LogP contribution is -1.89. The lowest BCUT2D eigenvalue weighted by molar-refractivity contribution is -0.106. The minimum absolute atomic E-state index is 0. The number of rotatable bonds is 0. The first kappa shape index (κ1) is 14.5. The second-order valence-corrected chi connectivity index (χ2v) is 3.42. The molecule has 1 amide bonds. The normalized spacial score (nSPS) is 8.94. The van der Waals surface area contributed by atoms with Gasteiger partial charge < -0.3 is 10.3 Å². The molecule has 1 aromatic heterocycles. The Morgan fingerprint density at radius 2 is 1.75 bits per heavy atom. The molecule has 0 aliphatic heterocycles. The van der Waals surface area contributed by atoms with Crippen LogP contribution in [0.15, 0.2) is 24.3 Å². The Morgan fingerprint density at radius 1 is 1.25 bits per heavy atom. The zero-order chi connectivity index (χ0) is 11.4. The number of fused-ring (bicyclic) bond motifs is 1. The first-order valence-electron chi connectivity index (χ1n) is 4.79. The van der Waals surface area contributed by atoms with E-state index in [9.17, 15) is 0 Å². The van der Waals surface area contributed by atoms with Crippen molar-refractivity contribution in [1.82, 2.24) is 4.57 Å². The summed E-state index contributed by atoms with van der Waals surface area (Å²) in [4.78, 5) is 8.58. The number of hydrogen-bond donors (Lipinski definition) is 1. The SMILES string of the molecule is Cc1c(C)n(C)c2ccccc12.Cl.NC=O. The number of hydrogen-bond acceptors (Lipinski definition) is 1. The van der Waals surface area contributed by atoms with Crippen LogP contribution < -0.4 is 5.73 Å². The molecule has 0 aliphatic carbocycles. The first-order valence-corrected chi connectivity index (χ1v) is 4.79. The standard InChI is InChI=1S/C11H13N.CH3NO.ClH/c1-8-9(2)12(3)11-7-5-4-6-10(8)11;2-1-3;/h4-7H,1-3H3;1H,(H2,2,3);1H. The van der Waals surface area contributed by atoms with Crippen molar-refractivity contribution in [1.29, 1.82) is 0 Å². The maximum atomic E-state index is 8.58. The minimum atomic E-state index is 0. The molecule has 0 unspecified atom stereocenters. The largest absolute Gasteiger partial charge is 0.372 e. The summed E-state index contributed by atoms with van der Waals surface area (Å²) in [5.41, 5.74) is 8.25. The quantitative estimate of drug-likeness (QED) is 0.706. The van der Waals surface area contributed by atoms with Gasteiger partial charge in [-0.05, 0) is 25.5 Å². The molecule has 1 heterocycles. The van der Waals surface area contributed by atoms with Crippen molar-refractivity contribution in [3.05, 3.63) is 35.5 Å². The molecule has 1 aromatic carbocycles. The number of nitrogens with two attached hydrogens (primary N) is 1. The molecule has 0 bridgehead atoms. The van der Waals surface area contributed by atoms with E-state index in [-0.39, 0.29) is 18.8 Å². The fraction of sp³-hybridized carbons (Fsp3) is 0.250. The van der Waals surface area contributed by atoms with Crippen molar-refractivity contribution < 1.29 is 4.79 Å². The average molecular weight is 241 g/mol.